The van der Waals surface area contributed by atoms with E-state index in [1.165, 1.54) is 4.90 Å². The van der Waals surface area contributed by atoms with E-state index in [-0.39, 0.29) is 12.5 Å². The maximum atomic E-state index is 11.5. The van der Waals surface area contributed by atoms with E-state index in [0.29, 0.717) is 50.9 Å². The van der Waals surface area contributed by atoms with Gasteiger partial charge in [0, 0.05) is 39.7 Å². The average Bonchev–Trinajstić information content (AvgIpc) is 2.86. The molecule has 0 bridgehead atoms. The minimum absolute atomic E-state index is 0.221. The number of aliphatic hydroxyl groups excluding tert-OH is 2. The van der Waals surface area contributed by atoms with E-state index in [0.717, 1.165) is 0 Å². The number of ether oxygens (including phenoxy) is 1. The number of hydrogen-bond acceptors (Lipinski definition) is 8. The minimum Gasteiger partial charge on any atom is -0.390 e. The Bertz CT molecular complexity index is 481. The van der Waals surface area contributed by atoms with Crippen LogP contribution < -0.4 is 0 Å². The number of aliphatic hydroxyl groups is 2. The van der Waals surface area contributed by atoms with E-state index in [1.807, 2.05) is 4.90 Å². The van der Waals surface area contributed by atoms with E-state index >= 15 is 0 Å². The third-order valence-corrected chi connectivity index (χ3v) is 3.47. The average molecular weight is 314 g/mol. The molecule has 1 aromatic rings. The van der Waals surface area contributed by atoms with Gasteiger partial charge in [0.1, 0.15) is 6.61 Å². The monoisotopic (exact) mass is 314 g/mol. The third kappa shape index (κ3) is 4.73. The van der Waals surface area contributed by atoms with Crippen molar-refractivity contribution in [1.82, 2.24) is 19.9 Å². The first-order valence-electron chi connectivity index (χ1n) is 7.21. The van der Waals surface area contributed by atoms with Crippen molar-refractivity contribution in [2.24, 2.45) is 0 Å². The second-order valence-electron chi connectivity index (χ2n) is 5.23. The molecule has 9 heteroatoms. The SMILES string of the molecule is COCCc1noc(CN2CCN(C(=O)CO)CC(O)C2)n1. The van der Waals surface area contributed by atoms with Crippen LogP contribution in [0, 0.1) is 0 Å². The Kier molecular flexibility index (Phi) is 6.25. The lowest BCUT2D eigenvalue weighted by Gasteiger charge is -2.20. The van der Waals surface area contributed by atoms with E-state index in [4.69, 9.17) is 14.4 Å². The molecule has 2 rings (SSSR count). The molecule has 2 heterocycles. The number of carbonyl (C=O) groups excluding carboxylic acids is 1. The molecule has 1 aliphatic heterocycles. The van der Waals surface area contributed by atoms with Gasteiger partial charge in [-0.15, -0.1) is 0 Å². The minimum atomic E-state index is -0.672. The molecule has 2 N–H and O–H groups in total. The van der Waals surface area contributed by atoms with E-state index in [2.05, 4.69) is 10.1 Å². The van der Waals surface area contributed by atoms with Gasteiger partial charge in [0.15, 0.2) is 5.82 Å². The Morgan fingerprint density at radius 2 is 2.27 bits per heavy atom. The van der Waals surface area contributed by atoms with Crippen molar-refractivity contribution in [3.8, 4) is 0 Å². The highest BCUT2D eigenvalue weighted by Gasteiger charge is 2.25. The lowest BCUT2D eigenvalue weighted by Crippen LogP contribution is -2.39. The van der Waals surface area contributed by atoms with Crippen LogP contribution >= 0.6 is 0 Å². The standard InChI is InChI=1S/C13H22N4O5/c1-21-5-2-11-14-12(22-15-11)8-16-3-4-17(13(20)9-18)7-10(19)6-16/h10,18-19H,2-9H2,1H3. The van der Waals surface area contributed by atoms with Crippen LogP contribution in [0.2, 0.25) is 0 Å². The number of aromatic nitrogens is 2. The van der Waals surface area contributed by atoms with Crippen LogP contribution in [0.15, 0.2) is 4.52 Å². The van der Waals surface area contributed by atoms with Crippen LogP contribution in [0.4, 0.5) is 0 Å². The maximum absolute atomic E-state index is 11.5. The van der Waals surface area contributed by atoms with Crippen molar-refractivity contribution in [3.05, 3.63) is 11.7 Å². The summed E-state index contributed by atoms with van der Waals surface area (Å²) in [5.41, 5.74) is 0. The van der Waals surface area contributed by atoms with Gasteiger partial charge in [-0.3, -0.25) is 9.69 Å². The predicted molar refractivity (Wildman–Crippen MR) is 74.8 cm³/mol. The summed E-state index contributed by atoms with van der Waals surface area (Å²) < 4.78 is 10.1. The zero-order valence-electron chi connectivity index (χ0n) is 12.6. The van der Waals surface area contributed by atoms with Crippen molar-refractivity contribution in [2.45, 2.75) is 19.1 Å². The lowest BCUT2D eigenvalue weighted by molar-refractivity contribution is -0.135. The Morgan fingerprint density at radius 3 is 3.00 bits per heavy atom. The molecule has 1 fully saturated rings. The molecule has 0 aromatic carbocycles. The summed E-state index contributed by atoms with van der Waals surface area (Å²) in [7, 11) is 1.61. The summed E-state index contributed by atoms with van der Waals surface area (Å²) in [5, 5.41) is 22.7. The fourth-order valence-corrected chi connectivity index (χ4v) is 2.37. The summed E-state index contributed by atoms with van der Waals surface area (Å²) in [5.74, 6) is 0.685. The normalized spacial score (nSPS) is 20.1. The Labute approximate surface area is 128 Å². The fraction of sp³-hybridized carbons (Fsp3) is 0.769. The molecular weight excluding hydrogens is 292 g/mol. The molecule has 0 aliphatic carbocycles. The van der Waals surface area contributed by atoms with Gasteiger partial charge in [-0.2, -0.15) is 4.98 Å². The molecule has 1 unspecified atom stereocenters. The summed E-state index contributed by atoms with van der Waals surface area (Å²) in [6.07, 6.45) is -0.0876. The summed E-state index contributed by atoms with van der Waals surface area (Å²) >= 11 is 0. The number of carbonyl (C=O) groups is 1. The van der Waals surface area contributed by atoms with E-state index in [9.17, 15) is 9.90 Å². The number of methoxy groups -OCH3 is 1. The predicted octanol–water partition coefficient (Wildman–Crippen LogP) is -1.74. The smallest absolute Gasteiger partial charge is 0.248 e. The molecule has 0 spiro atoms. The van der Waals surface area contributed by atoms with Crippen molar-refractivity contribution in [2.75, 3.05) is 46.5 Å². The summed E-state index contributed by atoms with van der Waals surface area (Å²) in [6, 6.07) is 0. The summed E-state index contributed by atoms with van der Waals surface area (Å²) in [4.78, 5) is 19.2. The van der Waals surface area contributed by atoms with Gasteiger partial charge in [0.25, 0.3) is 0 Å². The van der Waals surface area contributed by atoms with Crippen molar-refractivity contribution in [3.63, 3.8) is 0 Å². The topological polar surface area (TPSA) is 112 Å². The zero-order valence-corrected chi connectivity index (χ0v) is 12.6. The molecule has 0 radical (unpaired) electrons. The molecule has 1 atom stereocenters. The van der Waals surface area contributed by atoms with E-state index < -0.39 is 12.7 Å². The van der Waals surface area contributed by atoms with Gasteiger partial charge in [-0.05, 0) is 0 Å². The van der Waals surface area contributed by atoms with Crippen LogP contribution in [0.1, 0.15) is 11.7 Å². The lowest BCUT2D eigenvalue weighted by atomic mass is 10.3. The number of β-amino-alcohol motifs (C(OH)–C–C–N with tert-alkyl or cyclic N) is 1. The molecule has 124 valence electrons. The van der Waals surface area contributed by atoms with Crippen molar-refractivity contribution < 1.29 is 24.3 Å². The molecule has 22 heavy (non-hydrogen) atoms. The van der Waals surface area contributed by atoms with Gasteiger partial charge in [-0.25, -0.2) is 0 Å². The maximum Gasteiger partial charge on any atom is 0.248 e. The first-order chi connectivity index (χ1) is 10.6. The molecule has 9 nitrogen and oxygen atoms in total. The first-order valence-corrected chi connectivity index (χ1v) is 7.21. The van der Waals surface area contributed by atoms with Gasteiger partial charge >= 0.3 is 0 Å². The highest BCUT2D eigenvalue weighted by Crippen LogP contribution is 2.09. The van der Waals surface area contributed by atoms with E-state index in [1.54, 1.807) is 7.11 Å². The van der Waals surface area contributed by atoms with Crippen LogP contribution in [-0.2, 0) is 22.5 Å². The molecular formula is C13H22N4O5. The summed E-state index contributed by atoms with van der Waals surface area (Å²) in [6.45, 7) is 2.04. The molecule has 1 saturated heterocycles. The number of amides is 1. The molecule has 1 aromatic heterocycles. The quantitative estimate of drug-likeness (QED) is 0.636. The zero-order chi connectivity index (χ0) is 15.9. The Hall–Kier alpha value is -1.55. The molecule has 1 aliphatic rings. The third-order valence-electron chi connectivity index (χ3n) is 3.47. The highest BCUT2D eigenvalue weighted by molar-refractivity contribution is 5.77. The van der Waals surface area contributed by atoms with Crippen LogP contribution in [-0.4, -0.2) is 88.7 Å². The number of rotatable bonds is 6. The Morgan fingerprint density at radius 1 is 1.45 bits per heavy atom. The second-order valence-corrected chi connectivity index (χ2v) is 5.23. The van der Waals surface area contributed by atoms with Gasteiger partial charge in [0.05, 0.1) is 19.3 Å². The van der Waals surface area contributed by atoms with Crippen molar-refractivity contribution >= 4 is 5.91 Å². The van der Waals surface area contributed by atoms with Gasteiger partial charge in [0.2, 0.25) is 11.8 Å². The van der Waals surface area contributed by atoms with Gasteiger partial charge < -0.3 is 24.4 Å². The second kappa shape index (κ2) is 8.18. The van der Waals surface area contributed by atoms with Crippen LogP contribution in [0.3, 0.4) is 0 Å². The largest absolute Gasteiger partial charge is 0.390 e. The van der Waals surface area contributed by atoms with Crippen LogP contribution in [0.25, 0.3) is 0 Å². The molecule has 0 saturated carbocycles. The first kappa shape index (κ1) is 16.8. The van der Waals surface area contributed by atoms with Gasteiger partial charge in [-0.1, -0.05) is 5.16 Å². The van der Waals surface area contributed by atoms with Crippen LogP contribution in [0.5, 0.6) is 0 Å². The fourth-order valence-electron chi connectivity index (χ4n) is 2.37. The van der Waals surface area contributed by atoms with Crippen molar-refractivity contribution in [1.29, 1.82) is 0 Å². The number of nitrogens with zero attached hydrogens (tertiary/aromatic N) is 4. The number of hydrogen-bond donors (Lipinski definition) is 2. The Balaban J connectivity index is 1.89. The highest BCUT2D eigenvalue weighted by atomic mass is 16.5. The molecule has 1 amide bonds.